The van der Waals surface area contributed by atoms with Crippen LogP contribution in [0.3, 0.4) is 0 Å². The van der Waals surface area contributed by atoms with Gasteiger partial charge in [-0.05, 0) is 53.1 Å². The molecule has 0 saturated heterocycles. The van der Waals surface area contributed by atoms with Crippen LogP contribution in [0, 0.1) is 6.92 Å². The minimum atomic E-state index is -0.0812. The summed E-state index contributed by atoms with van der Waals surface area (Å²) in [5, 5.41) is 13.0. The molecule has 0 bridgehead atoms. The topological polar surface area (TPSA) is 103 Å². The number of methoxy groups -OCH3 is 1. The summed E-state index contributed by atoms with van der Waals surface area (Å²) in [6.45, 7) is 4.80. The number of rotatable bonds is 9. The third kappa shape index (κ3) is 4.64. The van der Waals surface area contributed by atoms with Crippen LogP contribution in [0.1, 0.15) is 22.7 Å². The quantitative estimate of drug-likeness (QED) is 0.425. The van der Waals surface area contributed by atoms with Crippen LogP contribution in [0.25, 0.3) is 10.9 Å². The molecule has 2 N–H and O–H groups in total. The van der Waals surface area contributed by atoms with E-state index in [2.05, 4.69) is 26.6 Å². The zero-order valence-electron chi connectivity index (χ0n) is 17.1. The predicted molar refractivity (Wildman–Crippen MR) is 110 cm³/mol. The summed E-state index contributed by atoms with van der Waals surface area (Å²) in [4.78, 5) is 16.8. The number of hydrogen-bond donors (Lipinski definition) is 2. The van der Waals surface area contributed by atoms with E-state index in [0.29, 0.717) is 38.3 Å². The van der Waals surface area contributed by atoms with Gasteiger partial charge >= 0.3 is 0 Å². The number of quaternary nitrogens is 1. The number of aromatic nitrogens is 5. The Labute approximate surface area is 173 Å². The first kappa shape index (κ1) is 20.0. The second-order valence-corrected chi connectivity index (χ2v) is 7.39. The number of tetrazole rings is 1. The van der Waals surface area contributed by atoms with Crippen LogP contribution in [0.15, 0.2) is 51.9 Å². The van der Waals surface area contributed by atoms with Crippen molar-refractivity contribution in [1.82, 2.24) is 25.2 Å². The molecule has 0 aliphatic rings. The van der Waals surface area contributed by atoms with E-state index in [0.717, 1.165) is 33.0 Å². The maximum atomic E-state index is 12.7. The second-order valence-electron chi connectivity index (χ2n) is 7.39. The van der Waals surface area contributed by atoms with E-state index in [1.165, 1.54) is 0 Å². The molecule has 30 heavy (non-hydrogen) atoms. The lowest BCUT2D eigenvalue weighted by atomic mass is 10.1. The highest BCUT2D eigenvalue weighted by Gasteiger charge is 2.19. The maximum absolute atomic E-state index is 12.7. The fourth-order valence-corrected chi connectivity index (χ4v) is 3.54. The van der Waals surface area contributed by atoms with E-state index in [9.17, 15) is 4.79 Å². The zero-order valence-corrected chi connectivity index (χ0v) is 17.1. The minimum absolute atomic E-state index is 0.0812. The first-order chi connectivity index (χ1) is 14.6. The summed E-state index contributed by atoms with van der Waals surface area (Å²) in [6.07, 6.45) is 1.65. The van der Waals surface area contributed by atoms with E-state index >= 15 is 0 Å². The standard InChI is InChI=1S/C21H24N6O3/c1-15-5-6-19-16(10-15)11-17(21(28)22-19)12-26(13-18-4-3-8-30-18)14-20-23-24-25-27(20)7-9-29-2/h3-6,8,10-11H,7,9,12-14H2,1-2H3,(H,22,28)/p+1. The van der Waals surface area contributed by atoms with Gasteiger partial charge in [0.15, 0.2) is 5.76 Å². The average molecular weight is 409 g/mol. The summed E-state index contributed by atoms with van der Waals surface area (Å²) in [5.41, 5.74) is 2.62. The summed E-state index contributed by atoms with van der Waals surface area (Å²) < 4.78 is 12.4. The van der Waals surface area contributed by atoms with Gasteiger partial charge in [-0.2, -0.15) is 0 Å². The van der Waals surface area contributed by atoms with Crippen molar-refractivity contribution < 1.29 is 14.1 Å². The first-order valence-corrected chi connectivity index (χ1v) is 9.85. The van der Waals surface area contributed by atoms with Crippen molar-refractivity contribution in [3.63, 3.8) is 0 Å². The van der Waals surface area contributed by atoms with E-state index in [1.54, 1.807) is 18.1 Å². The Balaban J connectivity index is 1.62. The first-order valence-electron chi connectivity index (χ1n) is 9.85. The fourth-order valence-electron chi connectivity index (χ4n) is 3.54. The van der Waals surface area contributed by atoms with Crippen LogP contribution < -0.4 is 10.5 Å². The number of pyridine rings is 1. The molecule has 156 valence electrons. The molecule has 0 aliphatic carbocycles. The Morgan fingerprint density at radius 2 is 2.10 bits per heavy atom. The number of nitrogens with one attached hydrogen (secondary N) is 2. The van der Waals surface area contributed by atoms with Crippen molar-refractivity contribution in [2.75, 3.05) is 13.7 Å². The van der Waals surface area contributed by atoms with Crippen LogP contribution in [-0.4, -0.2) is 38.9 Å². The fraction of sp³-hybridized carbons (Fsp3) is 0.333. The van der Waals surface area contributed by atoms with Crippen molar-refractivity contribution in [2.45, 2.75) is 33.1 Å². The molecule has 0 spiro atoms. The van der Waals surface area contributed by atoms with E-state index in [1.807, 2.05) is 37.3 Å². The van der Waals surface area contributed by atoms with Crippen molar-refractivity contribution >= 4 is 10.9 Å². The Bertz CT molecular complexity index is 1170. The molecule has 1 aromatic carbocycles. The smallest absolute Gasteiger partial charge is 0.257 e. The van der Waals surface area contributed by atoms with Gasteiger partial charge < -0.3 is 19.0 Å². The highest BCUT2D eigenvalue weighted by atomic mass is 16.5. The van der Waals surface area contributed by atoms with Crippen LogP contribution in [0.2, 0.25) is 0 Å². The lowest BCUT2D eigenvalue weighted by Gasteiger charge is -2.18. The van der Waals surface area contributed by atoms with Gasteiger partial charge in [0.2, 0.25) is 5.82 Å². The van der Waals surface area contributed by atoms with Gasteiger partial charge in [-0.25, -0.2) is 4.68 Å². The number of H-pyrrole nitrogens is 1. The van der Waals surface area contributed by atoms with Crippen LogP contribution in [0.4, 0.5) is 0 Å². The van der Waals surface area contributed by atoms with Crippen LogP contribution >= 0.6 is 0 Å². The number of aryl methyl sites for hydroxylation is 1. The van der Waals surface area contributed by atoms with Crippen molar-refractivity contribution in [3.05, 3.63) is 75.7 Å². The number of ether oxygens (including phenoxy) is 1. The van der Waals surface area contributed by atoms with Crippen molar-refractivity contribution in [3.8, 4) is 0 Å². The Morgan fingerprint density at radius 3 is 2.90 bits per heavy atom. The van der Waals surface area contributed by atoms with Gasteiger partial charge in [0.25, 0.3) is 5.56 Å². The normalized spacial score (nSPS) is 12.5. The molecular formula is C21H25N6O3+. The van der Waals surface area contributed by atoms with E-state index in [4.69, 9.17) is 9.15 Å². The zero-order chi connectivity index (χ0) is 20.9. The summed E-state index contributed by atoms with van der Waals surface area (Å²) in [6, 6.07) is 11.8. The molecule has 3 aromatic heterocycles. The van der Waals surface area contributed by atoms with Gasteiger partial charge in [-0.15, -0.1) is 5.10 Å². The molecule has 0 saturated carbocycles. The molecule has 0 radical (unpaired) electrons. The van der Waals surface area contributed by atoms with Crippen LogP contribution in [0.5, 0.6) is 0 Å². The lowest BCUT2D eigenvalue weighted by molar-refractivity contribution is -0.942. The van der Waals surface area contributed by atoms with Crippen LogP contribution in [-0.2, 0) is 30.9 Å². The largest absolute Gasteiger partial charge is 0.463 e. The van der Waals surface area contributed by atoms with Gasteiger partial charge in [0.05, 0.1) is 25.0 Å². The number of fused-ring (bicyclic) bond motifs is 1. The van der Waals surface area contributed by atoms with Gasteiger partial charge in [-0.3, -0.25) is 4.79 Å². The third-order valence-corrected chi connectivity index (χ3v) is 5.04. The number of hydrogen-bond acceptors (Lipinski definition) is 6. The molecule has 1 unspecified atom stereocenters. The molecule has 0 fully saturated rings. The molecular weight excluding hydrogens is 384 g/mol. The minimum Gasteiger partial charge on any atom is -0.463 e. The highest BCUT2D eigenvalue weighted by molar-refractivity contribution is 5.79. The maximum Gasteiger partial charge on any atom is 0.257 e. The molecule has 4 aromatic rings. The monoisotopic (exact) mass is 409 g/mol. The van der Waals surface area contributed by atoms with E-state index in [-0.39, 0.29) is 5.56 Å². The van der Waals surface area contributed by atoms with Gasteiger partial charge in [0.1, 0.15) is 19.6 Å². The molecule has 9 heteroatoms. The number of nitrogens with zero attached hydrogens (tertiary/aromatic N) is 4. The van der Waals surface area contributed by atoms with Crippen molar-refractivity contribution in [2.24, 2.45) is 0 Å². The second kappa shape index (κ2) is 9.02. The Kier molecular flexibility index (Phi) is 6.01. The third-order valence-electron chi connectivity index (χ3n) is 5.04. The molecule has 0 aliphatic heterocycles. The van der Waals surface area contributed by atoms with Gasteiger partial charge in [-0.1, -0.05) is 11.6 Å². The lowest BCUT2D eigenvalue weighted by Crippen LogP contribution is -3.08. The molecule has 3 heterocycles. The Hall–Kier alpha value is -3.30. The van der Waals surface area contributed by atoms with E-state index < -0.39 is 0 Å². The summed E-state index contributed by atoms with van der Waals surface area (Å²) >= 11 is 0. The highest BCUT2D eigenvalue weighted by Crippen LogP contribution is 2.13. The molecule has 4 rings (SSSR count). The SMILES string of the molecule is COCCn1nnnc1C[NH+](Cc1ccco1)Cc1cc2cc(C)ccc2[nH]c1=O. The summed E-state index contributed by atoms with van der Waals surface area (Å²) in [5.74, 6) is 1.58. The number of aromatic amines is 1. The average Bonchev–Trinajstić information content (AvgIpc) is 3.39. The summed E-state index contributed by atoms with van der Waals surface area (Å²) in [7, 11) is 1.65. The molecule has 9 nitrogen and oxygen atoms in total. The Morgan fingerprint density at radius 1 is 1.20 bits per heavy atom. The molecule has 1 atom stereocenters. The van der Waals surface area contributed by atoms with Crippen molar-refractivity contribution in [1.29, 1.82) is 0 Å². The molecule has 0 amide bonds. The predicted octanol–water partition coefficient (Wildman–Crippen LogP) is 0.848. The number of benzene rings is 1. The van der Waals surface area contributed by atoms with Gasteiger partial charge in [0, 0.05) is 12.6 Å². The number of furan rings is 1.